The molecule has 1 aliphatic rings. The summed E-state index contributed by atoms with van der Waals surface area (Å²) in [5.74, 6) is 1.49. The van der Waals surface area contributed by atoms with E-state index in [2.05, 4.69) is 17.3 Å². The molecule has 1 atom stereocenters. The Balaban J connectivity index is 1.58. The average Bonchev–Trinajstić information content (AvgIpc) is 3.26. The fourth-order valence-electron chi connectivity index (χ4n) is 2.43. The largest absolute Gasteiger partial charge is 0.482 e. The monoisotopic (exact) mass is 353 g/mol. The first kappa shape index (κ1) is 16.1. The Hall–Kier alpha value is -1.72. The van der Waals surface area contributed by atoms with E-state index in [4.69, 9.17) is 27.9 Å². The summed E-state index contributed by atoms with van der Waals surface area (Å²) < 4.78 is 7.28. The topological polar surface area (TPSA) is 56.2 Å². The van der Waals surface area contributed by atoms with Crippen LogP contribution in [0.25, 0.3) is 0 Å². The number of rotatable bonds is 6. The molecule has 1 aliphatic carbocycles. The van der Waals surface area contributed by atoms with E-state index in [1.165, 1.54) is 12.8 Å². The molecule has 23 heavy (non-hydrogen) atoms. The fourth-order valence-corrected chi connectivity index (χ4v) is 2.89. The molecule has 1 N–H and O–H groups in total. The van der Waals surface area contributed by atoms with Gasteiger partial charge in [0.15, 0.2) is 6.61 Å². The number of aromatic nitrogens is 2. The molecule has 1 saturated carbocycles. The van der Waals surface area contributed by atoms with E-state index in [9.17, 15) is 4.79 Å². The van der Waals surface area contributed by atoms with Gasteiger partial charge in [0.25, 0.3) is 5.91 Å². The van der Waals surface area contributed by atoms with Crippen LogP contribution in [0.4, 0.5) is 5.82 Å². The third-order valence-electron chi connectivity index (χ3n) is 3.88. The third-order valence-corrected chi connectivity index (χ3v) is 4.41. The normalized spacial score (nSPS) is 15.3. The van der Waals surface area contributed by atoms with Gasteiger partial charge in [-0.2, -0.15) is 5.10 Å². The molecule has 5 nitrogen and oxygen atoms in total. The first-order chi connectivity index (χ1) is 11.0. The Kier molecular flexibility index (Phi) is 4.78. The number of hydrogen-bond acceptors (Lipinski definition) is 3. The number of hydrogen-bond donors (Lipinski definition) is 1. The lowest BCUT2D eigenvalue weighted by molar-refractivity contribution is -0.118. The maximum absolute atomic E-state index is 12.1. The second-order valence-electron chi connectivity index (χ2n) is 5.65. The molecule has 2 aromatic rings. The van der Waals surface area contributed by atoms with Crippen molar-refractivity contribution in [2.24, 2.45) is 5.92 Å². The lowest BCUT2D eigenvalue weighted by atomic mass is 10.2. The van der Waals surface area contributed by atoms with Crippen LogP contribution in [0, 0.1) is 5.92 Å². The van der Waals surface area contributed by atoms with Crippen molar-refractivity contribution >= 4 is 34.9 Å². The third kappa shape index (κ3) is 3.98. The second-order valence-corrected chi connectivity index (χ2v) is 6.49. The van der Waals surface area contributed by atoms with E-state index in [0.717, 1.165) is 0 Å². The highest BCUT2D eigenvalue weighted by atomic mass is 35.5. The molecule has 0 saturated heterocycles. The van der Waals surface area contributed by atoms with Crippen molar-refractivity contribution in [1.29, 1.82) is 0 Å². The van der Waals surface area contributed by atoms with Crippen LogP contribution < -0.4 is 10.1 Å². The van der Waals surface area contributed by atoms with Crippen molar-refractivity contribution in [1.82, 2.24) is 9.78 Å². The van der Waals surface area contributed by atoms with E-state index < -0.39 is 0 Å². The molecule has 7 heteroatoms. The fraction of sp³-hybridized carbons (Fsp3) is 0.375. The van der Waals surface area contributed by atoms with Gasteiger partial charge in [0.05, 0.1) is 17.3 Å². The molecule has 0 bridgehead atoms. The average molecular weight is 354 g/mol. The maximum Gasteiger partial charge on any atom is 0.263 e. The van der Waals surface area contributed by atoms with E-state index in [0.29, 0.717) is 27.5 Å². The van der Waals surface area contributed by atoms with Crippen molar-refractivity contribution in [3.8, 4) is 5.75 Å². The van der Waals surface area contributed by atoms with Crippen LogP contribution in [0.15, 0.2) is 30.5 Å². The zero-order valence-corrected chi connectivity index (χ0v) is 14.1. The molecule has 0 radical (unpaired) electrons. The standard InChI is InChI=1S/C16H17Cl2N3O2/c1-10(11-2-3-11)21-15(6-7-19-21)20-16(22)9-23-14-5-4-12(17)8-13(14)18/h4-8,10-11H,2-3,9H2,1H3,(H,20,22). The SMILES string of the molecule is CC(C1CC1)n1nccc1NC(=O)COc1ccc(Cl)cc1Cl. The number of halogens is 2. The van der Waals surface area contributed by atoms with Crippen LogP contribution in [-0.2, 0) is 4.79 Å². The van der Waals surface area contributed by atoms with Gasteiger partial charge in [0.1, 0.15) is 11.6 Å². The summed E-state index contributed by atoms with van der Waals surface area (Å²) >= 11 is 11.8. The summed E-state index contributed by atoms with van der Waals surface area (Å²) in [6, 6.07) is 6.94. The van der Waals surface area contributed by atoms with Gasteiger partial charge in [0.2, 0.25) is 0 Å². The van der Waals surface area contributed by atoms with Gasteiger partial charge in [0, 0.05) is 11.1 Å². The van der Waals surface area contributed by atoms with Crippen LogP contribution in [0.5, 0.6) is 5.75 Å². The minimum Gasteiger partial charge on any atom is -0.482 e. The van der Waals surface area contributed by atoms with Gasteiger partial charge in [-0.1, -0.05) is 23.2 Å². The van der Waals surface area contributed by atoms with Gasteiger partial charge in [-0.05, 0) is 43.9 Å². The lowest BCUT2D eigenvalue weighted by Crippen LogP contribution is -2.23. The zero-order chi connectivity index (χ0) is 16.4. The summed E-state index contributed by atoms with van der Waals surface area (Å²) in [6.45, 7) is 1.98. The Morgan fingerprint density at radius 1 is 1.43 bits per heavy atom. The lowest BCUT2D eigenvalue weighted by Gasteiger charge is -2.15. The van der Waals surface area contributed by atoms with Gasteiger partial charge in [-0.15, -0.1) is 0 Å². The number of nitrogens with zero attached hydrogens (tertiary/aromatic N) is 2. The molecule has 1 unspecified atom stereocenters. The first-order valence-corrected chi connectivity index (χ1v) is 8.21. The zero-order valence-electron chi connectivity index (χ0n) is 12.6. The highest BCUT2D eigenvalue weighted by Crippen LogP contribution is 2.40. The highest BCUT2D eigenvalue weighted by molar-refractivity contribution is 6.35. The molecule has 1 amide bonds. The predicted octanol–water partition coefficient (Wildman–Crippen LogP) is 4.18. The minimum atomic E-state index is -0.263. The number of benzene rings is 1. The number of ether oxygens (including phenoxy) is 1. The number of carbonyl (C=O) groups is 1. The number of nitrogens with one attached hydrogen (secondary N) is 1. The summed E-state index contributed by atoms with van der Waals surface area (Å²) in [5, 5.41) is 8.01. The minimum absolute atomic E-state index is 0.135. The molecule has 0 spiro atoms. The summed E-state index contributed by atoms with van der Waals surface area (Å²) in [7, 11) is 0. The second kappa shape index (κ2) is 6.81. The molecule has 122 valence electrons. The van der Waals surface area contributed by atoms with Gasteiger partial charge in [-0.25, -0.2) is 4.68 Å². The maximum atomic E-state index is 12.1. The van der Waals surface area contributed by atoms with Crippen LogP contribution >= 0.6 is 23.2 Å². The van der Waals surface area contributed by atoms with Crippen molar-refractivity contribution in [2.75, 3.05) is 11.9 Å². The first-order valence-electron chi connectivity index (χ1n) is 7.46. The Morgan fingerprint density at radius 2 is 2.22 bits per heavy atom. The summed E-state index contributed by atoms with van der Waals surface area (Å²) in [6.07, 6.45) is 4.12. The van der Waals surface area contributed by atoms with Crippen LogP contribution in [0.3, 0.4) is 0 Å². The highest BCUT2D eigenvalue weighted by Gasteiger charge is 2.30. The van der Waals surface area contributed by atoms with Crippen molar-refractivity contribution in [2.45, 2.75) is 25.8 Å². The number of carbonyl (C=O) groups excluding carboxylic acids is 1. The molecule has 3 rings (SSSR count). The smallest absolute Gasteiger partial charge is 0.263 e. The Labute approximate surface area is 144 Å². The Morgan fingerprint density at radius 3 is 2.91 bits per heavy atom. The van der Waals surface area contributed by atoms with Gasteiger partial charge < -0.3 is 10.1 Å². The molecular formula is C16H17Cl2N3O2. The predicted molar refractivity (Wildman–Crippen MR) is 90.2 cm³/mol. The van der Waals surface area contributed by atoms with Crippen molar-refractivity contribution in [3.63, 3.8) is 0 Å². The molecule has 1 aromatic heterocycles. The van der Waals surface area contributed by atoms with Crippen LogP contribution in [0.1, 0.15) is 25.8 Å². The molecule has 1 heterocycles. The molecular weight excluding hydrogens is 337 g/mol. The molecule has 0 aliphatic heterocycles. The summed E-state index contributed by atoms with van der Waals surface area (Å²) in [5.41, 5.74) is 0. The quantitative estimate of drug-likeness (QED) is 0.847. The number of amides is 1. The van der Waals surface area contributed by atoms with E-state index in [1.54, 1.807) is 30.5 Å². The van der Waals surface area contributed by atoms with Crippen molar-refractivity contribution in [3.05, 3.63) is 40.5 Å². The number of anilines is 1. The molecule has 1 fully saturated rings. The van der Waals surface area contributed by atoms with Crippen molar-refractivity contribution < 1.29 is 9.53 Å². The van der Waals surface area contributed by atoms with Crippen LogP contribution in [-0.4, -0.2) is 22.3 Å². The molecule has 1 aromatic carbocycles. The van der Waals surface area contributed by atoms with Crippen LogP contribution in [0.2, 0.25) is 10.0 Å². The van der Waals surface area contributed by atoms with Gasteiger partial charge in [-0.3, -0.25) is 4.79 Å². The van der Waals surface area contributed by atoms with E-state index in [1.807, 2.05) is 4.68 Å². The van der Waals surface area contributed by atoms with E-state index >= 15 is 0 Å². The Bertz CT molecular complexity index is 713. The van der Waals surface area contributed by atoms with Gasteiger partial charge >= 0.3 is 0 Å². The van der Waals surface area contributed by atoms with E-state index in [-0.39, 0.29) is 18.6 Å². The summed E-state index contributed by atoms with van der Waals surface area (Å²) in [4.78, 5) is 12.1.